The van der Waals surface area contributed by atoms with E-state index < -0.39 is 0 Å². The van der Waals surface area contributed by atoms with Crippen LogP contribution in [0.5, 0.6) is 0 Å². The Morgan fingerprint density at radius 3 is 2.71 bits per heavy atom. The quantitative estimate of drug-likeness (QED) is 0.770. The van der Waals surface area contributed by atoms with Gasteiger partial charge in [-0.3, -0.25) is 4.79 Å². The molecule has 88 valence electrons. The van der Waals surface area contributed by atoms with Gasteiger partial charge in [0.15, 0.2) is 5.78 Å². The van der Waals surface area contributed by atoms with Gasteiger partial charge >= 0.3 is 0 Å². The van der Waals surface area contributed by atoms with E-state index in [0.29, 0.717) is 3.58 Å². The molecule has 0 fully saturated rings. The Bertz CT molecular complexity index is 462. The Labute approximate surface area is 115 Å². The Morgan fingerprint density at radius 2 is 2.00 bits per heavy atom. The SMILES string of the molecule is C[C@H]1C(=O)C(I)=CO[C@H]1/C=C/c1ccccc1. The van der Waals surface area contributed by atoms with Crippen LogP contribution in [0.1, 0.15) is 12.5 Å². The van der Waals surface area contributed by atoms with Gasteiger partial charge in [-0.15, -0.1) is 0 Å². The third kappa shape index (κ3) is 2.97. The fourth-order valence-electron chi connectivity index (χ4n) is 1.66. The van der Waals surface area contributed by atoms with E-state index in [1.165, 1.54) is 0 Å². The van der Waals surface area contributed by atoms with Crippen molar-refractivity contribution >= 4 is 34.5 Å². The number of ketones is 1. The molecule has 0 saturated heterocycles. The summed E-state index contributed by atoms with van der Waals surface area (Å²) >= 11 is 2.01. The number of allylic oxidation sites excluding steroid dienone is 1. The molecule has 2 atom stereocenters. The summed E-state index contributed by atoms with van der Waals surface area (Å²) in [6.45, 7) is 1.90. The van der Waals surface area contributed by atoms with Crippen molar-refractivity contribution in [3.05, 3.63) is 51.8 Å². The molecule has 0 saturated carbocycles. The number of rotatable bonds is 2. The molecule has 0 N–H and O–H groups in total. The van der Waals surface area contributed by atoms with Crippen molar-refractivity contribution in [3.8, 4) is 0 Å². The molecular weight excluding hydrogens is 327 g/mol. The maximum atomic E-state index is 11.8. The van der Waals surface area contributed by atoms with E-state index in [4.69, 9.17) is 4.74 Å². The molecule has 1 aliphatic rings. The van der Waals surface area contributed by atoms with Crippen molar-refractivity contribution in [1.82, 2.24) is 0 Å². The molecule has 2 nitrogen and oxygen atoms in total. The van der Waals surface area contributed by atoms with Gasteiger partial charge in [0.2, 0.25) is 0 Å². The number of benzene rings is 1. The molecule has 0 aliphatic carbocycles. The van der Waals surface area contributed by atoms with Crippen molar-refractivity contribution in [1.29, 1.82) is 0 Å². The summed E-state index contributed by atoms with van der Waals surface area (Å²) in [6, 6.07) is 9.99. The smallest absolute Gasteiger partial charge is 0.178 e. The number of hydrogen-bond donors (Lipinski definition) is 0. The number of hydrogen-bond acceptors (Lipinski definition) is 2. The minimum absolute atomic E-state index is 0.119. The number of carbonyl (C=O) groups excluding carboxylic acids is 1. The second-order valence-electron chi connectivity index (χ2n) is 3.99. The van der Waals surface area contributed by atoms with E-state index >= 15 is 0 Å². The van der Waals surface area contributed by atoms with Crippen LogP contribution in [-0.2, 0) is 9.53 Å². The van der Waals surface area contributed by atoms with Crippen LogP contribution in [-0.4, -0.2) is 11.9 Å². The molecule has 0 bridgehead atoms. The Morgan fingerprint density at radius 1 is 1.29 bits per heavy atom. The van der Waals surface area contributed by atoms with E-state index in [0.717, 1.165) is 5.56 Å². The van der Waals surface area contributed by atoms with Crippen molar-refractivity contribution in [2.45, 2.75) is 13.0 Å². The molecule has 2 rings (SSSR count). The normalized spacial score (nSPS) is 24.6. The largest absolute Gasteiger partial charge is 0.492 e. The van der Waals surface area contributed by atoms with E-state index in [9.17, 15) is 4.79 Å². The van der Waals surface area contributed by atoms with E-state index in [1.54, 1.807) is 6.26 Å². The summed E-state index contributed by atoms with van der Waals surface area (Å²) in [6.07, 6.45) is 5.31. The molecular formula is C14H13IO2. The summed E-state index contributed by atoms with van der Waals surface area (Å²) in [4.78, 5) is 11.8. The second-order valence-corrected chi connectivity index (χ2v) is 5.15. The van der Waals surface area contributed by atoms with Crippen molar-refractivity contribution < 1.29 is 9.53 Å². The number of Topliss-reactive ketones (excluding diaryl/α,β-unsaturated/α-hetero) is 1. The zero-order valence-corrected chi connectivity index (χ0v) is 11.6. The summed E-state index contributed by atoms with van der Waals surface area (Å²) in [5, 5.41) is 0. The molecule has 1 aromatic carbocycles. The average molecular weight is 340 g/mol. The van der Waals surface area contributed by atoms with Gasteiger partial charge in [0.1, 0.15) is 12.4 Å². The molecule has 1 aliphatic heterocycles. The molecule has 0 radical (unpaired) electrons. The lowest BCUT2D eigenvalue weighted by Gasteiger charge is -2.23. The molecule has 0 unspecified atom stereocenters. The minimum Gasteiger partial charge on any atom is -0.492 e. The first-order valence-electron chi connectivity index (χ1n) is 5.47. The summed E-state index contributed by atoms with van der Waals surface area (Å²) in [7, 11) is 0. The van der Waals surface area contributed by atoms with Crippen molar-refractivity contribution in [2.24, 2.45) is 5.92 Å². The predicted octanol–water partition coefficient (Wildman–Crippen LogP) is 3.58. The summed E-state index contributed by atoms with van der Waals surface area (Å²) < 4.78 is 6.18. The highest BCUT2D eigenvalue weighted by atomic mass is 127. The first kappa shape index (κ1) is 12.4. The summed E-state index contributed by atoms with van der Waals surface area (Å²) in [5.74, 6) is 0.0337. The van der Waals surface area contributed by atoms with Gasteiger partial charge in [-0.2, -0.15) is 0 Å². The average Bonchev–Trinajstić information content (AvgIpc) is 2.36. The number of carbonyl (C=O) groups is 1. The third-order valence-corrected chi connectivity index (χ3v) is 3.53. The highest BCUT2D eigenvalue weighted by Gasteiger charge is 2.28. The Hall–Kier alpha value is -1.10. The lowest BCUT2D eigenvalue weighted by atomic mass is 9.97. The number of ether oxygens (including phenoxy) is 1. The maximum Gasteiger partial charge on any atom is 0.178 e. The monoisotopic (exact) mass is 340 g/mol. The first-order valence-corrected chi connectivity index (χ1v) is 6.55. The van der Waals surface area contributed by atoms with Crippen LogP contribution in [0.3, 0.4) is 0 Å². The highest BCUT2D eigenvalue weighted by molar-refractivity contribution is 14.1. The lowest BCUT2D eigenvalue weighted by molar-refractivity contribution is -0.121. The van der Waals surface area contributed by atoms with E-state index in [-0.39, 0.29) is 17.8 Å². The van der Waals surface area contributed by atoms with Gasteiger partial charge in [-0.1, -0.05) is 43.3 Å². The van der Waals surface area contributed by atoms with Crippen LogP contribution in [0.2, 0.25) is 0 Å². The van der Waals surface area contributed by atoms with Crippen molar-refractivity contribution in [3.63, 3.8) is 0 Å². The van der Waals surface area contributed by atoms with E-state index in [2.05, 4.69) is 0 Å². The zero-order chi connectivity index (χ0) is 12.3. The molecule has 1 aromatic rings. The van der Waals surface area contributed by atoms with Crippen molar-refractivity contribution in [2.75, 3.05) is 0 Å². The lowest BCUT2D eigenvalue weighted by Crippen LogP contribution is -2.29. The van der Waals surface area contributed by atoms with Gasteiger partial charge in [-0.05, 0) is 34.2 Å². The van der Waals surface area contributed by atoms with Crippen LogP contribution in [0, 0.1) is 5.92 Å². The Kier molecular flexibility index (Phi) is 3.99. The Balaban J connectivity index is 2.10. The van der Waals surface area contributed by atoms with Gasteiger partial charge in [0.05, 0.1) is 9.50 Å². The molecule has 0 aromatic heterocycles. The fourth-order valence-corrected chi connectivity index (χ4v) is 2.30. The highest BCUT2D eigenvalue weighted by Crippen LogP contribution is 2.25. The third-order valence-electron chi connectivity index (χ3n) is 2.75. The first-order chi connectivity index (χ1) is 8.18. The fraction of sp³-hybridized carbons (Fsp3) is 0.214. The van der Waals surface area contributed by atoms with Crippen LogP contribution in [0.4, 0.5) is 0 Å². The van der Waals surface area contributed by atoms with Gasteiger partial charge in [0.25, 0.3) is 0 Å². The van der Waals surface area contributed by atoms with Gasteiger partial charge in [0, 0.05) is 0 Å². The predicted molar refractivity (Wildman–Crippen MR) is 76.6 cm³/mol. The van der Waals surface area contributed by atoms with Crippen LogP contribution in [0.15, 0.2) is 46.2 Å². The van der Waals surface area contributed by atoms with Crippen LogP contribution in [0.25, 0.3) is 6.08 Å². The maximum absolute atomic E-state index is 11.8. The molecule has 1 heterocycles. The topological polar surface area (TPSA) is 26.3 Å². The number of halogens is 1. The minimum atomic E-state index is -0.166. The van der Waals surface area contributed by atoms with Crippen LogP contribution < -0.4 is 0 Å². The molecule has 17 heavy (non-hydrogen) atoms. The standard InChI is InChI=1S/C14H13IO2/c1-10-13(17-9-12(15)14(10)16)8-7-11-5-3-2-4-6-11/h2-10,13H,1H3/b8-7+/t10-,13+/m1/s1. The molecule has 3 heteroatoms. The zero-order valence-electron chi connectivity index (χ0n) is 9.47. The summed E-state index contributed by atoms with van der Waals surface area (Å²) in [5.41, 5.74) is 1.11. The molecule has 0 amide bonds. The molecule has 0 spiro atoms. The van der Waals surface area contributed by atoms with Crippen LogP contribution >= 0.6 is 22.6 Å². The second kappa shape index (κ2) is 5.49. The van der Waals surface area contributed by atoms with E-state index in [1.807, 2.05) is 72.0 Å². The van der Waals surface area contributed by atoms with Gasteiger partial charge in [-0.25, -0.2) is 0 Å². The van der Waals surface area contributed by atoms with Gasteiger partial charge < -0.3 is 4.74 Å².